The fourth-order valence-corrected chi connectivity index (χ4v) is 7.10. The lowest BCUT2D eigenvalue weighted by Crippen LogP contribution is -2.46. The molecule has 0 radical (unpaired) electrons. The minimum atomic E-state index is -0.257. The summed E-state index contributed by atoms with van der Waals surface area (Å²) in [4.78, 5) is 23.6. The topological polar surface area (TPSA) is 73.3 Å². The number of carbonyl (C=O) groups excluding carboxylic acids is 1. The fraction of sp³-hybridized carbons (Fsp3) is 0.343. The van der Waals surface area contributed by atoms with Gasteiger partial charge in [-0.1, -0.05) is 49.7 Å². The maximum Gasteiger partial charge on any atom is 0.251 e. The Bertz CT molecular complexity index is 1830. The number of carbonyl (C=O) groups is 1. The van der Waals surface area contributed by atoms with E-state index in [2.05, 4.69) is 50.4 Å². The number of nitrogens with one attached hydrogen (secondary N) is 1. The van der Waals surface area contributed by atoms with E-state index in [0.29, 0.717) is 35.4 Å². The van der Waals surface area contributed by atoms with Gasteiger partial charge in [-0.15, -0.1) is 0 Å². The highest BCUT2D eigenvalue weighted by Crippen LogP contribution is 2.56. The van der Waals surface area contributed by atoms with Crippen LogP contribution in [0.15, 0.2) is 66.7 Å². The second kappa shape index (κ2) is 9.72. The first kappa shape index (κ1) is 25.8. The van der Waals surface area contributed by atoms with Gasteiger partial charge >= 0.3 is 0 Å². The van der Waals surface area contributed by atoms with Gasteiger partial charge in [-0.25, -0.2) is 9.97 Å². The minimum absolute atomic E-state index is 0.150. The summed E-state index contributed by atoms with van der Waals surface area (Å²) in [5, 5.41) is 5.18. The van der Waals surface area contributed by atoms with Crippen molar-refractivity contribution in [3.05, 3.63) is 83.4 Å². The Hall–Kier alpha value is -4.19. The van der Waals surface area contributed by atoms with Crippen molar-refractivity contribution >= 4 is 38.7 Å². The SMILES string of the molecule is COc1cccc(CNC(=O)c2ccc3nc4c(nc3c2)c2c(c3ccccc34)OC(C)(C)C3CCC(C)CC23)c1. The van der Waals surface area contributed by atoms with Crippen LogP contribution in [0.1, 0.15) is 67.4 Å². The predicted octanol–water partition coefficient (Wildman–Crippen LogP) is 7.57. The average molecular weight is 546 g/mol. The fourth-order valence-electron chi connectivity index (χ4n) is 7.10. The van der Waals surface area contributed by atoms with Gasteiger partial charge in [0, 0.05) is 34.4 Å². The summed E-state index contributed by atoms with van der Waals surface area (Å²) in [6, 6.07) is 21.7. The lowest BCUT2D eigenvalue weighted by atomic mass is 9.64. The van der Waals surface area contributed by atoms with E-state index in [9.17, 15) is 4.79 Å². The first-order chi connectivity index (χ1) is 19.8. The van der Waals surface area contributed by atoms with Crippen LogP contribution in [-0.2, 0) is 6.54 Å². The first-order valence-electron chi connectivity index (χ1n) is 14.6. The van der Waals surface area contributed by atoms with Crippen molar-refractivity contribution in [1.82, 2.24) is 15.3 Å². The van der Waals surface area contributed by atoms with Gasteiger partial charge < -0.3 is 14.8 Å². The highest BCUT2D eigenvalue weighted by Gasteiger charge is 2.47. The van der Waals surface area contributed by atoms with Crippen LogP contribution < -0.4 is 14.8 Å². The van der Waals surface area contributed by atoms with Crippen LogP contribution >= 0.6 is 0 Å². The molecular formula is C35H35N3O3. The van der Waals surface area contributed by atoms with Crippen molar-refractivity contribution in [1.29, 1.82) is 0 Å². The van der Waals surface area contributed by atoms with Crippen molar-refractivity contribution in [3.8, 4) is 11.5 Å². The number of aromatic nitrogens is 2. The molecule has 1 aliphatic carbocycles. The monoisotopic (exact) mass is 545 g/mol. The van der Waals surface area contributed by atoms with Crippen molar-refractivity contribution in [2.75, 3.05) is 7.11 Å². The van der Waals surface area contributed by atoms with Crippen LogP contribution in [0.25, 0.3) is 32.8 Å². The summed E-state index contributed by atoms with van der Waals surface area (Å²) in [6.07, 6.45) is 3.48. The summed E-state index contributed by atoms with van der Waals surface area (Å²) in [7, 11) is 1.64. The van der Waals surface area contributed by atoms with E-state index in [1.807, 2.05) is 42.5 Å². The zero-order valence-electron chi connectivity index (χ0n) is 24.0. The molecule has 3 atom stereocenters. The summed E-state index contributed by atoms with van der Waals surface area (Å²) in [6.45, 7) is 7.25. The molecule has 5 aromatic rings. The van der Waals surface area contributed by atoms with Crippen molar-refractivity contribution in [2.45, 2.75) is 58.1 Å². The van der Waals surface area contributed by atoms with E-state index in [1.54, 1.807) is 7.11 Å². The quantitative estimate of drug-likeness (QED) is 0.186. The van der Waals surface area contributed by atoms with Crippen LogP contribution in [0, 0.1) is 11.8 Å². The van der Waals surface area contributed by atoms with Crippen molar-refractivity contribution < 1.29 is 14.3 Å². The third-order valence-corrected chi connectivity index (χ3v) is 9.18. The predicted molar refractivity (Wildman–Crippen MR) is 163 cm³/mol. The number of fused-ring (bicyclic) bond motifs is 9. The lowest BCUT2D eigenvalue weighted by Gasteiger charge is -2.49. The van der Waals surface area contributed by atoms with E-state index >= 15 is 0 Å². The highest BCUT2D eigenvalue weighted by atomic mass is 16.5. The van der Waals surface area contributed by atoms with Gasteiger partial charge in [0.05, 0.1) is 29.2 Å². The second-order valence-corrected chi connectivity index (χ2v) is 12.3. The molecule has 1 aliphatic heterocycles. The maximum absolute atomic E-state index is 13.2. The van der Waals surface area contributed by atoms with Gasteiger partial charge in [-0.05, 0) is 74.4 Å². The smallest absolute Gasteiger partial charge is 0.251 e. The third-order valence-electron chi connectivity index (χ3n) is 9.18. The zero-order chi connectivity index (χ0) is 28.3. The number of hydrogen-bond donors (Lipinski definition) is 1. The number of methoxy groups -OCH3 is 1. The second-order valence-electron chi connectivity index (χ2n) is 12.3. The molecule has 208 valence electrons. The average Bonchev–Trinajstić information content (AvgIpc) is 2.98. The van der Waals surface area contributed by atoms with Crippen LogP contribution in [0.5, 0.6) is 11.5 Å². The Morgan fingerprint density at radius 1 is 0.976 bits per heavy atom. The number of benzene rings is 4. The number of ether oxygens (including phenoxy) is 2. The lowest BCUT2D eigenvalue weighted by molar-refractivity contribution is -0.0115. The Labute approximate surface area is 240 Å². The largest absolute Gasteiger partial charge is 0.497 e. The minimum Gasteiger partial charge on any atom is -0.497 e. The molecule has 6 nitrogen and oxygen atoms in total. The van der Waals surface area contributed by atoms with Gasteiger partial charge in [0.2, 0.25) is 0 Å². The Morgan fingerprint density at radius 2 is 1.78 bits per heavy atom. The molecule has 6 heteroatoms. The van der Waals surface area contributed by atoms with Gasteiger partial charge in [0.25, 0.3) is 5.91 Å². The first-order valence-corrected chi connectivity index (χ1v) is 14.6. The zero-order valence-corrected chi connectivity index (χ0v) is 24.0. The number of amides is 1. The molecule has 0 spiro atoms. The summed E-state index contributed by atoms with van der Waals surface area (Å²) >= 11 is 0. The molecule has 3 unspecified atom stereocenters. The van der Waals surface area contributed by atoms with Crippen LogP contribution in [0.4, 0.5) is 0 Å². The van der Waals surface area contributed by atoms with Gasteiger partial charge in [-0.2, -0.15) is 0 Å². The van der Waals surface area contributed by atoms with E-state index in [1.165, 1.54) is 12.0 Å². The molecule has 1 N–H and O–H groups in total. The van der Waals surface area contributed by atoms with E-state index < -0.39 is 0 Å². The van der Waals surface area contributed by atoms with E-state index in [4.69, 9.17) is 19.4 Å². The summed E-state index contributed by atoms with van der Waals surface area (Å²) in [5.41, 5.74) is 5.77. The van der Waals surface area contributed by atoms with Crippen LogP contribution in [-0.4, -0.2) is 28.6 Å². The number of hydrogen-bond acceptors (Lipinski definition) is 5. The maximum atomic E-state index is 13.2. The molecule has 2 aliphatic rings. The highest BCUT2D eigenvalue weighted by molar-refractivity contribution is 6.11. The molecular weight excluding hydrogens is 510 g/mol. The molecule has 1 amide bonds. The van der Waals surface area contributed by atoms with E-state index in [0.717, 1.165) is 57.2 Å². The Balaban J connectivity index is 1.35. The van der Waals surface area contributed by atoms with E-state index in [-0.39, 0.29) is 11.5 Å². The molecule has 7 rings (SSSR count). The molecule has 1 aromatic heterocycles. The Kier molecular flexibility index (Phi) is 6.11. The van der Waals surface area contributed by atoms with Gasteiger partial charge in [-0.3, -0.25) is 4.79 Å². The Morgan fingerprint density at radius 3 is 2.61 bits per heavy atom. The van der Waals surface area contributed by atoms with Crippen LogP contribution in [0.2, 0.25) is 0 Å². The third kappa shape index (κ3) is 4.37. The molecule has 41 heavy (non-hydrogen) atoms. The standard InChI is InChI=1S/C35H35N3O3/c1-20-12-14-27-26(16-20)30-32-31(24-10-5-6-11-25(24)33(30)41-35(27,2)3)37-28-15-13-22(18-29(28)38-32)34(39)36-19-21-8-7-9-23(17-21)40-4/h5-11,13,15,17-18,20,26-27H,12,14,16,19H2,1-4H3,(H,36,39). The van der Waals surface area contributed by atoms with Gasteiger partial charge in [0.15, 0.2) is 0 Å². The normalized spacial score (nSPS) is 21.2. The van der Waals surface area contributed by atoms with Crippen molar-refractivity contribution in [3.63, 3.8) is 0 Å². The summed E-state index contributed by atoms with van der Waals surface area (Å²) in [5.74, 6) is 2.99. The van der Waals surface area contributed by atoms with Gasteiger partial charge in [0.1, 0.15) is 17.1 Å². The molecule has 1 fully saturated rings. The molecule has 0 bridgehead atoms. The van der Waals surface area contributed by atoms with Crippen molar-refractivity contribution in [2.24, 2.45) is 11.8 Å². The molecule has 0 saturated heterocycles. The molecule has 2 heterocycles. The molecule has 1 saturated carbocycles. The van der Waals surface area contributed by atoms with Crippen LogP contribution in [0.3, 0.4) is 0 Å². The number of rotatable bonds is 4. The number of nitrogens with zero attached hydrogens (tertiary/aromatic N) is 2. The molecule has 4 aromatic carbocycles. The summed E-state index contributed by atoms with van der Waals surface area (Å²) < 4.78 is 12.2.